The molecule has 0 saturated carbocycles. The number of aromatic nitrogens is 1. The summed E-state index contributed by atoms with van der Waals surface area (Å²) in [7, 11) is 0. The van der Waals surface area contributed by atoms with Gasteiger partial charge in [0.1, 0.15) is 11.5 Å². The van der Waals surface area contributed by atoms with Gasteiger partial charge in [-0.25, -0.2) is 4.98 Å². The molecule has 5 heteroatoms. The van der Waals surface area contributed by atoms with Crippen LogP contribution in [0.1, 0.15) is 0 Å². The van der Waals surface area contributed by atoms with E-state index in [-0.39, 0.29) is 5.75 Å². The Balaban J connectivity index is 2.18. The fourth-order valence-corrected chi connectivity index (χ4v) is 1.54. The maximum atomic E-state index is 9.18. The lowest BCUT2D eigenvalue weighted by molar-refractivity contribution is 0.459. The molecule has 0 aliphatic rings. The van der Waals surface area contributed by atoms with Crippen LogP contribution in [0, 0.1) is 0 Å². The number of phenolic OH excluding ortho intramolecular Hbond substituents is 1. The number of ether oxygens (including phenoxy) is 1. The monoisotopic (exact) mass is 208 g/mol. The highest BCUT2D eigenvalue weighted by Gasteiger charge is 2.01. The molecular formula is C9H8N2O2S. The number of nitrogens with two attached hydrogens (primary N) is 1. The highest BCUT2D eigenvalue weighted by atomic mass is 32.1. The minimum absolute atomic E-state index is 0.167. The summed E-state index contributed by atoms with van der Waals surface area (Å²) in [5, 5.41) is 10.2. The van der Waals surface area contributed by atoms with Gasteiger partial charge in [-0.3, -0.25) is 0 Å². The zero-order valence-electron chi connectivity index (χ0n) is 7.18. The van der Waals surface area contributed by atoms with Crippen LogP contribution in [0.2, 0.25) is 0 Å². The predicted molar refractivity (Wildman–Crippen MR) is 54.7 cm³/mol. The van der Waals surface area contributed by atoms with Crippen molar-refractivity contribution in [2.45, 2.75) is 0 Å². The van der Waals surface area contributed by atoms with Crippen molar-refractivity contribution >= 4 is 16.5 Å². The van der Waals surface area contributed by atoms with Crippen LogP contribution in [0.15, 0.2) is 30.5 Å². The third kappa shape index (κ3) is 1.94. The van der Waals surface area contributed by atoms with Crippen LogP contribution in [-0.4, -0.2) is 10.1 Å². The van der Waals surface area contributed by atoms with Gasteiger partial charge in [0.2, 0.25) is 5.06 Å². The minimum atomic E-state index is 0.167. The van der Waals surface area contributed by atoms with Gasteiger partial charge in [0, 0.05) is 6.07 Å². The van der Waals surface area contributed by atoms with E-state index in [0.717, 1.165) is 0 Å². The van der Waals surface area contributed by atoms with Gasteiger partial charge in [0.05, 0.1) is 6.20 Å². The van der Waals surface area contributed by atoms with Crippen molar-refractivity contribution in [3.63, 3.8) is 0 Å². The van der Waals surface area contributed by atoms with Crippen LogP contribution in [0.4, 0.5) is 5.13 Å². The van der Waals surface area contributed by atoms with Gasteiger partial charge in [0.15, 0.2) is 5.13 Å². The zero-order valence-corrected chi connectivity index (χ0v) is 7.99. The SMILES string of the molecule is Nc1ncc(Oc2cccc(O)c2)s1. The molecule has 0 atom stereocenters. The third-order valence-electron chi connectivity index (χ3n) is 1.54. The van der Waals surface area contributed by atoms with E-state index >= 15 is 0 Å². The van der Waals surface area contributed by atoms with Crippen molar-refractivity contribution in [3.05, 3.63) is 30.5 Å². The molecule has 3 N–H and O–H groups in total. The highest BCUT2D eigenvalue weighted by Crippen LogP contribution is 2.29. The lowest BCUT2D eigenvalue weighted by atomic mass is 10.3. The van der Waals surface area contributed by atoms with E-state index in [1.165, 1.54) is 17.4 Å². The molecule has 72 valence electrons. The Morgan fingerprint density at radius 1 is 1.43 bits per heavy atom. The number of aromatic hydroxyl groups is 1. The van der Waals surface area contributed by atoms with Crippen LogP contribution in [0.25, 0.3) is 0 Å². The van der Waals surface area contributed by atoms with Crippen LogP contribution in [-0.2, 0) is 0 Å². The second-order valence-corrected chi connectivity index (χ2v) is 3.64. The first-order valence-electron chi connectivity index (χ1n) is 3.92. The molecule has 1 aromatic heterocycles. The molecule has 0 aliphatic carbocycles. The van der Waals surface area contributed by atoms with Crippen molar-refractivity contribution in [2.75, 3.05) is 5.73 Å². The molecule has 2 aromatic rings. The number of nitrogens with zero attached hydrogens (tertiary/aromatic N) is 1. The van der Waals surface area contributed by atoms with E-state index in [9.17, 15) is 5.11 Å². The van der Waals surface area contributed by atoms with Crippen molar-refractivity contribution in [1.29, 1.82) is 0 Å². The first-order valence-corrected chi connectivity index (χ1v) is 4.74. The smallest absolute Gasteiger partial charge is 0.202 e. The van der Waals surface area contributed by atoms with Crippen molar-refractivity contribution in [1.82, 2.24) is 4.98 Å². The maximum Gasteiger partial charge on any atom is 0.202 e. The number of benzene rings is 1. The van der Waals surface area contributed by atoms with Crippen LogP contribution >= 0.6 is 11.3 Å². The molecule has 4 nitrogen and oxygen atoms in total. The van der Waals surface area contributed by atoms with Crippen molar-refractivity contribution < 1.29 is 9.84 Å². The van der Waals surface area contributed by atoms with Gasteiger partial charge in [-0.1, -0.05) is 17.4 Å². The Bertz CT molecular complexity index is 442. The third-order valence-corrected chi connectivity index (χ3v) is 2.24. The molecule has 1 heterocycles. The summed E-state index contributed by atoms with van der Waals surface area (Å²) >= 11 is 1.25. The van der Waals surface area contributed by atoms with Gasteiger partial charge >= 0.3 is 0 Å². The molecule has 0 aliphatic heterocycles. The molecule has 1 aromatic carbocycles. The fourth-order valence-electron chi connectivity index (χ4n) is 0.982. The molecule has 0 bridgehead atoms. The van der Waals surface area contributed by atoms with Gasteiger partial charge < -0.3 is 15.6 Å². The van der Waals surface area contributed by atoms with Crippen LogP contribution in [0.5, 0.6) is 16.6 Å². The average Bonchev–Trinajstić information content (AvgIpc) is 2.51. The molecule has 14 heavy (non-hydrogen) atoms. The van der Waals surface area contributed by atoms with E-state index in [1.807, 2.05) is 0 Å². The summed E-state index contributed by atoms with van der Waals surface area (Å²) in [5.41, 5.74) is 5.44. The van der Waals surface area contributed by atoms with E-state index in [1.54, 1.807) is 24.4 Å². The molecule has 0 fully saturated rings. The van der Waals surface area contributed by atoms with Gasteiger partial charge in [0.25, 0.3) is 0 Å². The Labute approximate surface area is 84.6 Å². The van der Waals surface area contributed by atoms with E-state index < -0.39 is 0 Å². The summed E-state index contributed by atoms with van der Waals surface area (Å²) in [4.78, 5) is 3.84. The number of phenols is 1. The number of thiazole rings is 1. The minimum Gasteiger partial charge on any atom is -0.508 e. The normalized spacial score (nSPS) is 10.0. The largest absolute Gasteiger partial charge is 0.508 e. The average molecular weight is 208 g/mol. The van der Waals surface area contributed by atoms with Crippen LogP contribution < -0.4 is 10.5 Å². The van der Waals surface area contributed by atoms with Gasteiger partial charge in [-0.15, -0.1) is 0 Å². The van der Waals surface area contributed by atoms with Crippen molar-refractivity contribution in [2.24, 2.45) is 0 Å². The Kier molecular flexibility index (Phi) is 2.24. The quantitative estimate of drug-likeness (QED) is 0.794. The topological polar surface area (TPSA) is 68.4 Å². The number of anilines is 1. The number of rotatable bonds is 2. The van der Waals surface area contributed by atoms with Gasteiger partial charge in [-0.05, 0) is 12.1 Å². The zero-order chi connectivity index (χ0) is 9.97. The number of nitrogen functional groups attached to an aromatic ring is 1. The maximum absolute atomic E-state index is 9.18. The second kappa shape index (κ2) is 3.55. The predicted octanol–water partition coefficient (Wildman–Crippen LogP) is 2.22. The van der Waals surface area contributed by atoms with Crippen LogP contribution in [0.3, 0.4) is 0 Å². The van der Waals surface area contributed by atoms with E-state index in [2.05, 4.69) is 4.98 Å². The summed E-state index contributed by atoms with van der Waals surface area (Å²) in [6.07, 6.45) is 1.55. The van der Waals surface area contributed by atoms with Gasteiger partial charge in [-0.2, -0.15) is 0 Å². The van der Waals surface area contributed by atoms with E-state index in [0.29, 0.717) is 15.9 Å². The Hall–Kier alpha value is -1.75. The first-order chi connectivity index (χ1) is 6.74. The summed E-state index contributed by atoms with van der Waals surface area (Å²) < 4.78 is 5.40. The molecule has 0 saturated heterocycles. The second-order valence-electron chi connectivity index (χ2n) is 2.62. The summed E-state index contributed by atoms with van der Waals surface area (Å²) in [6.45, 7) is 0. The summed E-state index contributed by atoms with van der Waals surface area (Å²) in [6, 6.07) is 6.55. The van der Waals surface area contributed by atoms with Crippen molar-refractivity contribution in [3.8, 4) is 16.6 Å². The molecular weight excluding hydrogens is 200 g/mol. The number of hydrogen-bond donors (Lipinski definition) is 2. The molecule has 0 amide bonds. The Morgan fingerprint density at radius 2 is 2.29 bits per heavy atom. The standard InChI is InChI=1S/C9H8N2O2S/c10-9-11-5-8(14-9)13-7-3-1-2-6(12)4-7/h1-5,12H,(H2,10,11). The highest BCUT2D eigenvalue weighted by molar-refractivity contribution is 7.17. The summed E-state index contributed by atoms with van der Waals surface area (Å²) in [5.74, 6) is 0.730. The Morgan fingerprint density at radius 3 is 2.93 bits per heavy atom. The lowest BCUT2D eigenvalue weighted by Crippen LogP contribution is -1.79. The first kappa shape index (κ1) is 8.83. The molecule has 0 radical (unpaired) electrons. The molecule has 0 unspecified atom stereocenters. The molecule has 0 spiro atoms. The lowest BCUT2D eigenvalue weighted by Gasteiger charge is -2.01. The fraction of sp³-hybridized carbons (Fsp3) is 0. The van der Waals surface area contributed by atoms with E-state index in [4.69, 9.17) is 10.5 Å². The molecule has 2 rings (SSSR count). The number of hydrogen-bond acceptors (Lipinski definition) is 5.